The van der Waals surface area contributed by atoms with Gasteiger partial charge in [0, 0.05) is 6.92 Å². The van der Waals surface area contributed by atoms with Gasteiger partial charge in [-0.05, 0) is 130 Å². The number of allylic oxidation sites excluding steroid dienone is 2. The van der Waals surface area contributed by atoms with Crippen LogP contribution >= 0.6 is 0 Å². The van der Waals surface area contributed by atoms with E-state index in [2.05, 4.69) is 47.6 Å². The van der Waals surface area contributed by atoms with Crippen molar-refractivity contribution in [3.63, 3.8) is 0 Å². The summed E-state index contributed by atoms with van der Waals surface area (Å²) in [6.45, 7) is 16.4. The monoisotopic (exact) mass is 456 g/mol. The second kappa shape index (κ2) is 9.69. The van der Waals surface area contributed by atoms with Crippen LogP contribution < -0.4 is 0 Å². The molecule has 0 saturated heterocycles. The van der Waals surface area contributed by atoms with Crippen molar-refractivity contribution >= 4 is 5.97 Å². The van der Waals surface area contributed by atoms with Crippen molar-refractivity contribution in [3.05, 3.63) is 11.6 Å². The SMILES string of the molecule is C/C=C(/CC[C@@H](C)[C@H]1CC[C@H]2[C@@H]3CC[C@H]4C[C@@H](OC(C)=O)CC[C@]4(C)[C@@H]3CC[C@]12C)C(C)C. The molecule has 0 heterocycles. The van der Waals surface area contributed by atoms with Crippen LogP contribution in [0.3, 0.4) is 0 Å². The molecular weight excluding hydrogens is 404 g/mol. The number of esters is 1. The van der Waals surface area contributed by atoms with Crippen molar-refractivity contribution < 1.29 is 9.53 Å². The minimum Gasteiger partial charge on any atom is -0.463 e. The zero-order valence-corrected chi connectivity index (χ0v) is 22.8. The molecule has 0 spiro atoms. The van der Waals surface area contributed by atoms with Crippen molar-refractivity contribution in [1.29, 1.82) is 0 Å². The molecule has 0 bridgehead atoms. The molecule has 4 rings (SSSR count). The molecule has 0 radical (unpaired) electrons. The Balaban J connectivity index is 1.43. The van der Waals surface area contributed by atoms with E-state index >= 15 is 0 Å². The third kappa shape index (κ3) is 4.58. The maximum atomic E-state index is 11.5. The third-order valence-electron chi connectivity index (χ3n) is 11.7. The van der Waals surface area contributed by atoms with Gasteiger partial charge in [-0.1, -0.05) is 46.3 Å². The van der Waals surface area contributed by atoms with Gasteiger partial charge >= 0.3 is 5.97 Å². The first kappa shape index (κ1) is 25.3. The summed E-state index contributed by atoms with van der Waals surface area (Å²) in [5, 5.41) is 0. The van der Waals surface area contributed by atoms with Crippen LogP contribution in [0.4, 0.5) is 0 Å². The number of carbonyl (C=O) groups is 1. The van der Waals surface area contributed by atoms with Crippen LogP contribution in [-0.4, -0.2) is 12.1 Å². The first-order chi connectivity index (χ1) is 15.6. The van der Waals surface area contributed by atoms with Gasteiger partial charge in [0.15, 0.2) is 0 Å². The summed E-state index contributed by atoms with van der Waals surface area (Å²) < 4.78 is 5.67. The van der Waals surface area contributed by atoms with E-state index in [1.165, 1.54) is 57.8 Å². The summed E-state index contributed by atoms with van der Waals surface area (Å²) in [5.74, 6) is 5.90. The van der Waals surface area contributed by atoms with E-state index in [0.717, 1.165) is 48.3 Å². The van der Waals surface area contributed by atoms with E-state index in [-0.39, 0.29) is 12.1 Å². The van der Waals surface area contributed by atoms with Crippen LogP contribution in [0, 0.1) is 52.3 Å². The largest absolute Gasteiger partial charge is 0.463 e. The molecule has 0 N–H and O–H groups in total. The van der Waals surface area contributed by atoms with E-state index in [1.54, 1.807) is 12.5 Å². The molecule has 4 aliphatic rings. The average molecular weight is 457 g/mol. The Bertz CT molecular complexity index is 737. The lowest BCUT2D eigenvalue weighted by molar-refractivity contribution is -0.160. The number of rotatable bonds is 6. The fourth-order valence-corrected chi connectivity index (χ4v) is 9.90. The van der Waals surface area contributed by atoms with Crippen molar-refractivity contribution in [2.45, 2.75) is 125 Å². The molecule has 4 saturated carbocycles. The lowest BCUT2D eigenvalue weighted by atomic mass is 9.44. The smallest absolute Gasteiger partial charge is 0.302 e. The molecule has 188 valence electrons. The van der Waals surface area contributed by atoms with Gasteiger partial charge in [0.05, 0.1) is 0 Å². The second-order valence-electron chi connectivity index (χ2n) is 13.4. The summed E-state index contributed by atoms with van der Waals surface area (Å²) >= 11 is 0. The van der Waals surface area contributed by atoms with E-state index in [1.807, 2.05) is 0 Å². The maximum Gasteiger partial charge on any atom is 0.302 e. The Hall–Kier alpha value is -0.790. The molecule has 4 aliphatic carbocycles. The zero-order chi connectivity index (χ0) is 24.0. The third-order valence-corrected chi connectivity index (χ3v) is 11.7. The normalized spacial score (nSPS) is 44.1. The molecule has 2 nitrogen and oxygen atoms in total. The van der Waals surface area contributed by atoms with Crippen molar-refractivity contribution in [3.8, 4) is 0 Å². The number of fused-ring (bicyclic) bond motifs is 5. The first-order valence-electron chi connectivity index (χ1n) is 14.4. The van der Waals surface area contributed by atoms with E-state index in [4.69, 9.17) is 4.74 Å². The molecule has 0 aliphatic heterocycles. The molecule has 0 unspecified atom stereocenters. The van der Waals surface area contributed by atoms with E-state index in [0.29, 0.717) is 16.7 Å². The second-order valence-corrected chi connectivity index (χ2v) is 13.4. The van der Waals surface area contributed by atoms with Gasteiger partial charge in [0.25, 0.3) is 0 Å². The van der Waals surface area contributed by atoms with Gasteiger partial charge < -0.3 is 4.74 Å². The van der Waals surface area contributed by atoms with Crippen LogP contribution in [-0.2, 0) is 9.53 Å². The minimum absolute atomic E-state index is 0.0909. The summed E-state index contributed by atoms with van der Waals surface area (Å²) in [5.41, 5.74) is 2.69. The van der Waals surface area contributed by atoms with E-state index in [9.17, 15) is 4.79 Å². The molecule has 9 atom stereocenters. The van der Waals surface area contributed by atoms with Crippen LogP contribution in [0.2, 0.25) is 0 Å². The highest BCUT2D eigenvalue weighted by Gasteiger charge is 2.60. The molecule has 33 heavy (non-hydrogen) atoms. The molecule has 0 aromatic rings. The summed E-state index contributed by atoms with van der Waals surface area (Å²) in [6, 6.07) is 0. The van der Waals surface area contributed by atoms with Crippen molar-refractivity contribution in [2.75, 3.05) is 0 Å². The summed E-state index contributed by atoms with van der Waals surface area (Å²) in [7, 11) is 0. The summed E-state index contributed by atoms with van der Waals surface area (Å²) in [6.07, 6.45) is 17.3. The van der Waals surface area contributed by atoms with E-state index < -0.39 is 0 Å². The zero-order valence-electron chi connectivity index (χ0n) is 22.8. The standard InChI is InChI=1S/C31H52O2/c1-8-23(20(2)3)10-9-21(4)27-13-14-28-26-12-11-24-19-25(33-22(5)32)15-17-30(24,6)29(26)16-18-31(27,28)7/h8,20-21,24-29H,9-19H2,1-7H3/b23-8-/t21-,24+,25+,26+,27-,28+,29-,30+,31-/m1/s1. The fourth-order valence-electron chi connectivity index (χ4n) is 9.90. The minimum atomic E-state index is -0.0909. The quantitative estimate of drug-likeness (QED) is 0.295. The van der Waals surface area contributed by atoms with Crippen LogP contribution in [0.25, 0.3) is 0 Å². The highest BCUT2D eigenvalue weighted by molar-refractivity contribution is 5.66. The fraction of sp³-hybridized carbons (Fsp3) is 0.903. The van der Waals surface area contributed by atoms with Gasteiger partial charge in [-0.3, -0.25) is 4.79 Å². The molecule has 4 fully saturated rings. The van der Waals surface area contributed by atoms with Crippen LogP contribution in [0.5, 0.6) is 0 Å². The van der Waals surface area contributed by atoms with Crippen molar-refractivity contribution in [2.24, 2.45) is 52.3 Å². The average Bonchev–Trinajstić information content (AvgIpc) is 3.11. The van der Waals surface area contributed by atoms with Gasteiger partial charge in [-0.15, -0.1) is 0 Å². The molecule has 0 amide bonds. The molecule has 2 heteroatoms. The number of hydrogen-bond acceptors (Lipinski definition) is 2. The van der Waals surface area contributed by atoms with Gasteiger partial charge in [0.2, 0.25) is 0 Å². The van der Waals surface area contributed by atoms with Gasteiger partial charge in [0.1, 0.15) is 6.10 Å². The van der Waals surface area contributed by atoms with Crippen LogP contribution in [0.1, 0.15) is 119 Å². The maximum absolute atomic E-state index is 11.5. The predicted octanol–water partition coefficient (Wildman–Crippen LogP) is 8.60. The van der Waals surface area contributed by atoms with Gasteiger partial charge in [-0.25, -0.2) is 0 Å². The predicted molar refractivity (Wildman–Crippen MR) is 138 cm³/mol. The Morgan fingerprint density at radius 2 is 1.67 bits per heavy atom. The Morgan fingerprint density at radius 1 is 0.970 bits per heavy atom. The number of carbonyl (C=O) groups excluding carboxylic acids is 1. The lowest BCUT2D eigenvalue weighted by Crippen LogP contribution is -2.54. The van der Waals surface area contributed by atoms with Gasteiger partial charge in [-0.2, -0.15) is 0 Å². The number of ether oxygens (including phenoxy) is 1. The molecule has 0 aromatic carbocycles. The Morgan fingerprint density at radius 3 is 2.33 bits per heavy atom. The summed E-state index contributed by atoms with van der Waals surface area (Å²) in [4.78, 5) is 11.5. The number of hydrogen-bond donors (Lipinski definition) is 0. The molecule has 0 aromatic heterocycles. The lowest BCUT2D eigenvalue weighted by Gasteiger charge is -2.61. The first-order valence-corrected chi connectivity index (χ1v) is 14.4. The highest BCUT2D eigenvalue weighted by atomic mass is 16.5. The Labute approximate surface area is 204 Å². The van der Waals surface area contributed by atoms with Crippen LogP contribution in [0.15, 0.2) is 11.6 Å². The Kier molecular flexibility index (Phi) is 7.43. The van der Waals surface area contributed by atoms with Crippen molar-refractivity contribution in [1.82, 2.24) is 0 Å². The topological polar surface area (TPSA) is 26.3 Å². The molecular formula is C31H52O2. The highest BCUT2D eigenvalue weighted by Crippen LogP contribution is 2.68.